The van der Waals surface area contributed by atoms with Crippen molar-refractivity contribution >= 4 is 33.2 Å². The van der Waals surface area contributed by atoms with Crippen LogP contribution < -0.4 is 5.32 Å². The third kappa shape index (κ3) is 2.39. The molecule has 0 saturated heterocycles. The van der Waals surface area contributed by atoms with Gasteiger partial charge in [-0.1, -0.05) is 12.8 Å². The lowest BCUT2D eigenvalue weighted by Crippen LogP contribution is -2.20. The largest absolute Gasteiger partial charge is 0.325 e. The molecule has 19 heavy (non-hydrogen) atoms. The van der Waals surface area contributed by atoms with Crippen molar-refractivity contribution in [2.45, 2.75) is 32.6 Å². The van der Waals surface area contributed by atoms with Gasteiger partial charge in [-0.25, -0.2) is 4.98 Å². The number of aryl methyl sites for hydroxylation is 1. The molecule has 1 aliphatic rings. The van der Waals surface area contributed by atoms with Gasteiger partial charge in [-0.15, -0.1) is 0 Å². The van der Waals surface area contributed by atoms with Crippen LogP contribution >= 0.6 is 15.9 Å². The lowest BCUT2D eigenvalue weighted by molar-refractivity contribution is -0.119. The molecular weight excluding hydrogens is 306 g/mol. The van der Waals surface area contributed by atoms with Crippen molar-refractivity contribution in [2.75, 3.05) is 5.32 Å². The number of carbonyl (C=O) groups is 1. The van der Waals surface area contributed by atoms with E-state index in [1.54, 1.807) is 0 Å². The Morgan fingerprint density at radius 1 is 1.42 bits per heavy atom. The zero-order valence-corrected chi connectivity index (χ0v) is 12.4. The number of rotatable bonds is 2. The Morgan fingerprint density at radius 3 is 2.89 bits per heavy atom. The van der Waals surface area contributed by atoms with Crippen molar-refractivity contribution in [1.82, 2.24) is 9.38 Å². The number of carbonyl (C=O) groups excluding carboxylic acids is 1. The number of halogens is 1. The zero-order valence-electron chi connectivity index (χ0n) is 10.8. The number of aromatic nitrogens is 2. The van der Waals surface area contributed by atoms with Crippen molar-refractivity contribution < 1.29 is 4.79 Å². The van der Waals surface area contributed by atoms with Crippen LogP contribution in [0.1, 0.15) is 31.4 Å². The maximum absolute atomic E-state index is 12.1. The van der Waals surface area contributed by atoms with Gasteiger partial charge in [0, 0.05) is 12.1 Å². The number of hydrogen-bond acceptors (Lipinski definition) is 2. The van der Waals surface area contributed by atoms with Crippen LogP contribution in [0.3, 0.4) is 0 Å². The van der Waals surface area contributed by atoms with Gasteiger partial charge in [-0.2, -0.15) is 0 Å². The molecule has 0 radical (unpaired) electrons. The second-order valence-electron chi connectivity index (χ2n) is 5.10. The van der Waals surface area contributed by atoms with Gasteiger partial charge >= 0.3 is 0 Å². The van der Waals surface area contributed by atoms with Gasteiger partial charge in [0.05, 0.1) is 11.4 Å². The summed E-state index contributed by atoms with van der Waals surface area (Å²) >= 11 is 3.51. The Kier molecular flexibility index (Phi) is 3.31. The average Bonchev–Trinajstić information content (AvgIpc) is 3.01. The first-order valence-corrected chi connectivity index (χ1v) is 7.39. The Bertz CT molecular complexity index is 629. The van der Waals surface area contributed by atoms with Crippen LogP contribution in [0.5, 0.6) is 0 Å². The molecule has 0 unspecified atom stereocenters. The van der Waals surface area contributed by atoms with E-state index >= 15 is 0 Å². The van der Waals surface area contributed by atoms with Gasteiger partial charge in [0.25, 0.3) is 0 Å². The second kappa shape index (κ2) is 4.96. The predicted molar refractivity (Wildman–Crippen MR) is 78.2 cm³/mol. The summed E-state index contributed by atoms with van der Waals surface area (Å²) in [7, 11) is 0. The van der Waals surface area contributed by atoms with Crippen LogP contribution in [0, 0.1) is 12.8 Å². The number of amides is 1. The Hall–Kier alpha value is -1.36. The third-order valence-corrected chi connectivity index (χ3v) is 4.67. The van der Waals surface area contributed by atoms with Crippen molar-refractivity contribution in [3.8, 4) is 0 Å². The van der Waals surface area contributed by atoms with E-state index in [0.717, 1.165) is 34.5 Å². The van der Waals surface area contributed by atoms with Gasteiger partial charge in [-0.3, -0.25) is 9.20 Å². The summed E-state index contributed by atoms with van der Waals surface area (Å²) in [5.74, 6) is 0.327. The fraction of sp³-hybridized carbons (Fsp3) is 0.429. The van der Waals surface area contributed by atoms with Gasteiger partial charge < -0.3 is 5.32 Å². The number of imidazole rings is 1. The molecule has 1 saturated carbocycles. The minimum atomic E-state index is 0.143. The zero-order chi connectivity index (χ0) is 13.4. The molecule has 1 fully saturated rings. The number of nitrogens with zero attached hydrogens (tertiary/aromatic N) is 2. The fourth-order valence-electron chi connectivity index (χ4n) is 2.64. The quantitative estimate of drug-likeness (QED) is 0.919. The Morgan fingerprint density at radius 2 is 2.16 bits per heavy atom. The molecule has 1 aliphatic carbocycles. The summed E-state index contributed by atoms with van der Waals surface area (Å²) < 4.78 is 2.87. The van der Waals surface area contributed by atoms with E-state index in [1.165, 1.54) is 12.8 Å². The first-order chi connectivity index (χ1) is 9.15. The summed E-state index contributed by atoms with van der Waals surface area (Å²) in [4.78, 5) is 16.5. The Balaban J connectivity index is 1.84. The number of fused-ring (bicyclic) bond motifs is 1. The monoisotopic (exact) mass is 321 g/mol. The van der Waals surface area contributed by atoms with Crippen LogP contribution in [0.25, 0.3) is 5.65 Å². The Labute approximate surface area is 120 Å². The first kappa shape index (κ1) is 12.7. The van der Waals surface area contributed by atoms with E-state index in [1.807, 2.05) is 29.7 Å². The molecule has 5 heteroatoms. The van der Waals surface area contributed by atoms with Gasteiger partial charge in [0.15, 0.2) is 0 Å². The molecule has 1 amide bonds. The van der Waals surface area contributed by atoms with E-state index in [4.69, 9.17) is 0 Å². The third-order valence-electron chi connectivity index (χ3n) is 3.71. The second-order valence-corrected chi connectivity index (χ2v) is 5.86. The molecule has 1 N–H and O–H groups in total. The summed E-state index contributed by atoms with van der Waals surface area (Å²) in [6.45, 7) is 1.95. The van der Waals surface area contributed by atoms with E-state index < -0.39 is 0 Å². The van der Waals surface area contributed by atoms with E-state index in [-0.39, 0.29) is 11.8 Å². The summed E-state index contributed by atoms with van der Waals surface area (Å²) in [5.41, 5.74) is 2.64. The van der Waals surface area contributed by atoms with Gasteiger partial charge in [0.2, 0.25) is 5.91 Å². The van der Waals surface area contributed by atoms with Crippen LogP contribution in [0.2, 0.25) is 0 Å². The minimum Gasteiger partial charge on any atom is -0.325 e. The first-order valence-electron chi connectivity index (χ1n) is 6.60. The molecule has 100 valence electrons. The normalized spacial score (nSPS) is 16.1. The topological polar surface area (TPSA) is 46.4 Å². The molecular formula is C14H16BrN3O. The number of anilines is 1. The molecule has 4 nitrogen and oxygen atoms in total. The van der Waals surface area contributed by atoms with Crippen molar-refractivity contribution in [3.05, 3.63) is 28.6 Å². The maximum atomic E-state index is 12.1. The highest BCUT2D eigenvalue weighted by atomic mass is 79.9. The molecule has 2 aromatic rings. The van der Waals surface area contributed by atoms with E-state index in [9.17, 15) is 4.79 Å². The summed E-state index contributed by atoms with van der Waals surface area (Å²) in [6.07, 6.45) is 6.28. The van der Waals surface area contributed by atoms with Crippen molar-refractivity contribution in [1.29, 1.82) is 0 Å². The van der Waals surface area contributed by atoms with Crippen LogP contribution in [0.15, 0.2) is 22.9 Å². The molecule has 2 heterocycles. The van der Waals surface area contributed by atoms with E-state index in [0.29, 0.717) is 0 Å². The smallest absolute Gasteiger partial charge is 0.227 e. The van der Waals surface area contributed by atoms with Crippen LogP contribution in [0.4, 0.5) is 5.69 Å². The average molecular weight is 322 g/mol. The predicted octanol–water partition coefficient (Wildman–Crippen LogP) is 3.53. The molecule has 3 rings (SSSR count). The fourth-order valence-corrected chi connectivity index (χ4v) is 3.01. The highest BCUT2D eigenvalue weighted by molar-refractivity contribution is 9.10. The molecule has 0 bridgehead atoms. The molecule has 0 aromatic carbocycles. The lowest BCUT2D eigenvalue weighted by Gasteiger charge is -2.10. The van der Waals surface area contributed by atoms with Crippen LogP contribution in [-0.2, 0) is 4.79 Å². The number of pyridine rings is 1. The van der Waals surface area contributed by atoms with E-state index in [2.05, 4.69) is 26.2 Å². The lowest BCUT2D eigenvalue weighted by atomic mass is 10.1. The molecule has 0 spiro atoms. The molecule has 0 atom stereocenters. The number of nitrogens with one attached hydrogen (secondary N) is 1. The maximum Gasteiger partial charge on any atom is 0.227 e. The van der Waals surface area contributed by atoms with Gasteiger partial charge in [-0.05, 0) is 47.8 Å². The number of hydrogen-bond donors (Lipinski definition) is 1. The highest BCUT2D eigenvalue weighted by Crippen LogP contribution is 2.26. The minimum absolute atomic E-state index is 0.143. The van der Waals surface area contributed by atoms with Gasteiger partial charge in [0.1, 0.15) is 10.3 Å². The molecule has 0 aliphatic heterocycles. The molecule has 2 aromatic heterocycles. The van der Waals surface area contributed by atoms with Crippen molar-refractivity contribution in [2.24, 2.45) is 5.92 Å². The highest BCUT2D eigenvalue weighted by Gasteiger charge is 2.22. The SMILES string of the molecule is Cc1nc2ccc(NC(=O)C3CCCC3)cn2c1Br. The standard InChI is InChI=1S/C14H16BrN3O/c1-9-13(15)18-8-11(6-7-12(18)16-9)17-14(19)10-4-2-3-5-10/h6-8,10H,2-5H2,1H3,(H,17,19). The van der Waals surface area contributed by atoms with Crippen molar-refractivity contribution in [3.63, 3.8) is 0 Å². The summed E-state index contributed by atoms with van der Waals surface area (Å²) in [5, 5.41) is 3.00. The summed E-state index contributed by atoms with van der Waals surface area (Å²) in [6, 6.07) is 3.82. The van der Waals surface area contributed by atoms with Crippen LogP contribution in [-0.4, -0.2) is 15.3 Å².